The van der Waals surface area contributed by atoms with Crippen LogP contribution in [-0.2, 0) is 15.9 Å². The Morgan fingerprint density at radius 3 is 2.89 bits per heavy atom. The number of nitrogens with zero attached hydrogens (tertiary/aromatic N) is 1. The van der Waals surface area contributed by atoms with Crippen molar-refractivity contribution in [3.05, 3.63) is 23.0 Å². The van der Waals surface area contributed by atoms with Gasteiger partial charge in [-0.1, -0.05) is 0 Å². The molecule has 1 aliphatic rings. The molecule has 1 aliphatic heterocycles. The van der Waals surface area contributed by atoms with Gasteiger partial charge in [-0.3, -0.25) is 4.98 Å². The fraction of sp³-hybridized carbons (Fsp3) is 0.643. The maximum atomic E-state index is 6.19. The van der Waals surface area contributed by atoms with Gasteiger partial charge in [0.15, 0.2) is 0 Å². The van der Waals surface area contributed by atoms with Gasteiger partial charge in [0.25, 0.3) is 0 Å². The second-order valence-electron chi connectivity index (χ2n) is 4.90. The first-order valence-electron chi connectivity index (χ1n) is 6.57. The van der Waals surface area contributed by atoms with Crippen LogP contribution in [0.5, 0.6) is 5.75 Å². The van der Waals surface area contributed by atoms with Crippen molar-refractivity contribution in [1.29, 1.82) is 0 Å². The number of nitrogens with two attached hydrogens (primary N) is 1. The minimum absolute atomic E-state index is 0.0535. The fourth-order valence-electron chi connectivity index (χ4n) is 2.38. The first kappa shape index (κ1) is 14.2. The Morgan fingerprint density at radius 2 is 2.26 bits per heavy atom. The molecule has 1 aromatic heterocycles. The Bertz CT molecular complexity index is 431. The van der Waals surface area contributed by atoms with E-state index in [0.29, 0.717) is 26.2 Å². The Hall–Kier alpha value is -1.17. The summed E-state index contributed by atoms with van der Waals surface area (Å²) in [6.07, 6.45) is 2.44. The van der Waals surface area contributed by atoms with Gasteiger partial charge in [0.1, 0.15) is 5.75 Å². The Morgan fingerprint density at radius 1 is 1.47 bits per heavy atom. The molecule has 0 spiro atoms. The van der Waals surface area contributed by atoms with Crippen LogP contribution in [0.25, 0.3) is 0 Å². The number of pyridine rings is 1. The number of hydrogen-bond acceptors (Lipinski definition) is 5. The van der Waals surface area contributed by atoms with Crippen LogP contribution in [0.1, 0.15) is 16.8 Å². The van der Waals surface area contributed by atoms with E-state index < -0.39 is 0 Å². The van der Waals surface area contributed by atoms with E-state index in [1.165, 1.54) is 0 Å². The molecule has 0 bridgehead atoms. The first-order valence-corrected chi connectivity index (χ1v) is 6.57. The summed E-state index contributed by atoms with van der Waals surface area (Å²) in [4.78, 5) is 4.46. The highest BCUT2D eigenvalue weighted by atomic mass is 16.6. The highest BCUT2D eigenvalue weighted by Crippen LogP contribution is 2.25. The van der Waals surface area contributed by atoms with Gasteiger partial charge in [0, 0.05) is 35.5 Å². The number of aryl methyl sites for hydroxylation is 1. The van der Waals surface area contributed by atoms with Gasteiger partial charge in [0.2, 0.25) is 0 Å². The molecule has 2 unspecified atom stereocenters. The number of ether oxygens (including phenoxy) is 3. The highest BCUT2D eigenvalue weighted by molar-refractivity contribution is 5.41. The number of methoxy groups -OCH3 is 1. The molecule has 0 aromatic carbocycles. The maximum absolute atomic E-state index is 6.19. The molecule has 0 amide bonds. The van der Waals surface area contributed by atoms with Crippen molar-refractivity contribution in [2.45, 2.75) is 32.4 Å². The molecular formula is C14H22N2O3. The van der Waals surface area contributed by atoms with Gasteiger partial charge >= 0.3 is 0 Å². The fourth-order valence-corrected chi connectivity index (χ4v) is 2.38. The average Bonchev–Trinajstić information content (AvgIpc) is 2.43. The monoisotopic (exact) mass is 266 g/mol. The molecule has 1 saturated heterocycles. The normalized spacial score (nSPS) is 21.2. The van der Waals surface area contributed by atoms with Crippen LogP contribution in [-0.4, -0.2) is 44.1 Å². The molecule has 2 heterocycles. The summed E-state index contributed by atoms with van der Waals surface area (Å²) in [5.74, 6) is 0.887. The summed E-state index contributed by atoms with van der Waals surface area (Å²) < 4.78 is 16.4. The van der Waals surface area contributed by atoms with Gasteiger partial charge in [-0.2, -0.15) is 0 Å². The van der Waals surface area contributed by atoms with Crippen molar-refractivity contribution in [3.8, 4) is 5.75 Å². The molecule has 0 radical (unpaired) electrons. The maximum Gasteiger partial charge on any atom is 0.128 e. The molecule has 5 heteroatoms. The van der Waals surface area contributed by atoms with Crippen molar-refractivity contribution in [2.75, 3.05) is 26.9 Å². The van der Waals surface area contributed by atoms with E-state index in [9.17, 15) is 0 Å². The number of hydrogen-bond donors (Lipinski definition) is 1. The van der Waals surface area contributed by atoms with Crippen molar-refractivity contribution < 1.29 is 14.2 Å². The largest absolute Gasteiger partial charge is 0.496 e. The van der Waals surface area contributed by atoms with E-state index >= 15 is 0 Å². The molecule has 2 atom stereocenters. The van der Waals surface area contributed by atoms with E-state index in [2.05, 4.69) is 4.98 Å². The summed E-state index contributed by atoms with van der Waals surface area (Å²) in [6, 6.07) is -0.112. The lowest BCUT2D eigenvalue weighted by Crippen LogP contribution is -2.45. The first-order chi connectivity index (χ1) is 9.13. The molecule has 19 heavy (non-hydrogen) atoms. The zero-order valence-corrected chi connectivity index (χ0v) is 11.8. The standard InChI is InChI=1S/C14H22N2O3/c1-9-7-16-12(10(2)14(9)17-3)6-11(15)13-8-18-4-5-19-13/h7,11,13H,4-6,8,15H2,1-3H3. The SMILES string of the molecule is COc1c(C)cnc(CC(N)C2COCCO2)c1C. The van der Waals surface area contributed by atoms with E-state index in [1.807, 2.05) is 20.0 Å². The molecule has 1 aromatic rings. The lowest BCUT2D eigenvalue weighted by atomic mass is 10.0. The van der Waals surface area contributed by atoms with Gasteiger partial charge in [-0.15, -0.1) is 0 Å². The molecule has 0 saturated carbocycles. The van der Waals surface area contributed by atoms with Crippen molar-refractivity contribution in [3.63, 3.8) is 0 Å². The number of rotatable bonds is 4. The third-order valence-corrected chi connectivity index (χ3v) is 3.50. The second kappa shape index (κ2) is 6.32. The molecule has 106 valence electrons. The summed E-state index contributed by atoms with van der Waals surface area (Å²) in [6.45, 7) is 5.82. The van der Waals surface area contributed by atoms with Gasteiger partial charge < -0.3 is 19.9 Å². The van der Waals surface area contributed by atoms with Crippen LogP contribution in [0.15, 0.2) is 6.20 Å². The Labute approximate surface area is 114 Å². The minimum atomic E-state index is -0.112. The highest BCUT2D eigenvalue weighted by Gasteiger charge is 2.23. The number of aromatic nitrogens is 1. The van der Waals surface area contributed by atoms with Gasteiger partial charge in [-0.25, -0.2) is 0 Å². The van der Waals surface area contributed by atoms with Crippen LogP contribution in [0.4, 0.5) is 0 Å². The lowest BCUT2D eigenvalue weighted by Gasteiger charge is -2.28. The topological polar surface area (TPSA) is 66.6 Å². The molecular weight excluding hydrogens is 244 g/mol. The summed E-state index contributed by atoms with van der Waals surface area (Å²) >= 11 is 0. The van der Waals surface area contributed by atoms with E-state index in [0.717, 1.165) is 22.6 Å². The third-order valence-electron chi connectivity index (χ3n) is 3.50. The predicted molar refractivity (Wildman–Crippen MR) is 72.5 cm³/mol. The molecule has 2 N–H and O–H groups in total. The molecule has 2 rings (SSSR count). The summed E-state index contributed by atoms with van der Waals surface area (Å²) in [5, 5.41) is 0. The van der Waals surface area contributed by atoms with Crippen LogP contribution in [0, 0.1) is 13.8 Å². The van der Waals surface area contributed by atoms with Crippen LogP contribution < -0.4 is 10.5 Å². The lowest BCUT2D eigenvalue weighted by molar-refractivity contribution is -0.0968. The van der Waals surface area contributed by atoms with Crippen molar-refractivity contribution in [2.24, 2.45) is 5.73 Å². The van der Waals surface area contributed by atoms with Gasteiger partial charge in [0.05, 0.1) is 33.0 Å². The quantitative estimate of drug-likeness (QED) is 0.880. The van der Waals surface area contributed by atoms with E-state index in [-0.39, 0.29) is 12.1 Å². The summed E-state index contributed by atoms with van der Waals surface area (Å²) in [5.41, 5.74) is 9.24. The smallest absolute Gasteiger partial charge is 0.128 e. The predicted octanol–water partition coefficient (Wildman–Crippen LogP) is 0.992. The minimum Gasteiger partial charge on any atom is -0.496 e. The van der Waals surface area contributed by atoms with Crippen LogP contribution >= 0.6 is 0 Å². The van der Waals surface area contributed by atoms with E-state index in [1.54, 1.807) is 7.11 Å². The van der Waals surface area contributed by atoms with Crippen LogP contribution in [0.3, 0.4) is 0 Å². The molecule has 1 fully saturated rings. The molecule has 0 aliphatic carbocycles. The Balaban J connectivity index is 2.10. The second-order valence-corrected chi connectivity index (χ2v) is 4.90. The zero-order valence-electron chi connectivity index (χ0n) is 11.8. The van der Waals surface area contributed by atoms with E-state index in [4.69, 9.17) is 19.9 Å². The third kappa shape index (κ3) is 3.23. The Kier molecular flexibility index (Phi) is 4.74. The average molecular weight is 266 g/mol. The van der Waals surface area contributed by atoms with Crippen molar-refractivity contribution >= 4 is 0 Å². The van der Waals surface area contributed by atoms with Gasteiger partial charge in [-0.05, 0) is 13.8 Å². The van der Waals surface area contributed by atoms with Crippen LogP contribution in [0.2, 0.25) is 0 Å². The zero-order chi connectivity index (χ0) is 13.8. The summed E-state index contributed by atoms with van der Waals surface area (Å²) in [7, 11) is 1.68. The van der Waals surface area contributed by atoms with Crippen molar-refractivity contribution in [1.82, 2.24) is 4.98 Å². The molecule has 5 nitrogen and oxygen atoms in total.